The number of hydrogen-bond donors (Lipinski definition) is 1. The van der Waals surface area contributed by atoms with Crippen LogP contribution >= 0.6 is 11.8 Å². The van der Waals surface area contributed by atoms with Gasteiger partial charge in [-0.2, -0.15) is 0 Å². The Morgan fingerprint density at radius 2 is 2.07 bits per heavy atom. The van der Waals surface area contributed by atoms with E-state index in [-0.39, 0.29) is 18.0 Å². The van der Waals surface area contributed by atoms with Crippen LogP contribution in [0.1, 0.15) is 25.3 Å². The van der Waals surface area contributed by atoms with E-state index in [4.69, 9.17) is 0 Å². The summed E-state index contributed by atoms with van der Waals surface area (Å²) >= 11 is 1.49. The lowest BCUT2D eigenvalue weighted by molar-refractivity contribution is -0.115. The molecule has 1 amide bonds. The first-order valence-corrected chi connectivity index (χ1v) is 9.73. The first-order valence-electron chi connectivity index (χ1n) is 8.75. The number of amides is 1. The minimum absolute atomic E-state index is 0.201. The zero-order chi connectivity index (χ0) is 18.6. The van der Waals surface area contributed by atoms with Crippen LogP contribution in [0.15, 0.2) is 53.9 Å². The summed E-state index contributed by atoms with van der Waals surface area (Å²) in [6.45, 7) is 0. The van der Waals surface area contributed by atoms with E-state index >= 15 is 0 Å². The van der Waals surface area contributed by atoms with Crippen molar-refractivity contribution in [2.75, 3.05) is 11.1 Å². The Bertz CT molecular complexity index is 942. The fourth-order valence-electron chi connectivity index (χ4n) is 2.74. The van der Waals surface area contributed by atoms with Gasteiger partial charge in [0.1, 0.15) is 5.82 Å². The molecular formula is C19H18FN5OS. The largest absolute Gasteiger partial charge is 0.324 e. The molecule has 1 fully saturated rings. The SMILES string of the molecule is O=C(CCSc1nnc(-c2cccnc2)n1C1CC1)Nc1ccccc1F. The van der Waals surface area contributed by atoms with Crippen molar-refractivity contribution in [2.45, 2.75) is 30.5 Å². The average molecular weight is 383 g/mol. The van der Waals surface area contributed by atoms with Gasteiger partial charge in [-0.25, -0.2) is 4.39 Å². The minimum Gasteiger partial charge on any atom is -0.324 e. The molecule has 0 saturated heterocycles. The number of para-hydroxylation sites is 1. The van der Waals surface area contributed by atoms with Crippen LogP contribution in [0.5, 0.6) is 0 Å². The Hall–Kier alpha value is -2.74. The van der Waals surface area contributed by atoms with Gasteiger partial charge in [0.2, 0.25) is 5.91 Å². The quantitative estimate of drug-likeness (QED) is 0.626. The maximum Gasteiger partial charge on any atom is 0.225 e. The molecular weight excluding hydrogens is 365 g/mol. The Morgan fingerprint density at radius 3 is 2.81 bits per heavy atom. The van der Waals surface area contributed by atoms with Crippen LogP contribution in [0.3, 0.4) is 0 Å². The van der Waals surface area contributed by atoms with Crippen molar-refractivity contribution in [3.63, 3.8) is 0 Å². The normalized spacial score (nSPS) is 13.5. The molecule has 2 aromatic heterocycles. The molecule has 1 N–H and O–H groups in total. The van der Waals surface area contributed by atoms with E-state index in [1.54, 1.807) is 30.6 Å². The highest BCUT2D eigenvalue weighted by atomic mass is 32.2. The monoisotopic (exact) mass is 383 g/mol. The summed E-state index contributed by atoms with van der Waals surface area (Å²) in [6.07, 6.45) is 5.97. The van der Waals surface area contributed by atoms with Crippen LogP contribution in [0.25, 0.3) is 11.4 Å². The van der Waals surface area contributed by atoms with E-state index in [1.165, 1.54) is 17.8 Å². The molecule has 1 aliphatic carbocycles. The van der Waals surface area contributed by atoms with Crippen molar-refractivity contribution in [1.82, 2.24) is 19.7 Å². The molecule has 0 spiro atoms. The second kappa shape index (κ2) is 7.87. The van der Waals surface area contributed by atoms with Crippen molar-refractivity contribution in [3.8, 4) is 11.4 Å². The number of halogens is 1. The van der Waals surface area contributed by atoms with Crippen molar-refractivity contribution < 1.29 is 9.18 Å². The molecule has 0 atom stereocenters. The lowest BCUT2D eigenvalue weighted by atomic mass is 10.3. The van der Waals surface area contributed by atoms with Gasteiger partial charge in [0.25, 0.3) is 0 Å². The van der Waals surface area contributed by atoms with E-state index in [9.17, 15) is 9.18 Å². The second-order valence-corrected chi connectivity index (χ2v) is 7.34. The van der Waals surface area contributed by atoms with Crippen molar-refractivity contribution in [2.24, 2.45) is 0 Å². The first-order chi connectivity index (χ1) is 13.2. The molecule has 8 heteroatoms. The number of anilines is 1. The summed E-state index contributed by atoms with van der Waals surface area (Å²) in [7, 11) is 0. The van der Waals surface area contributed by atoms with Gasteiger partial charge in [0.15, 0.2) is 11.0 Å². The molecule has 3 aromatic rings. The Kier molecular flexibility index (Phi) is 5.15. The predicted molar refractivity (Wildman–Crippen MR) is 102 cm³/mol. The molecule has 27 heavy (non-hydrogen) atoms. The lowest BCUT2D eigenvalue weighted by Gasteiger charge is -2.09. The van der Waals surface area contributed by atoms with Gasteiger partial charge in [-0.15, -0.1) is 10.2 Å². The van der Waals surface area contributed by atoms with Crippen molar-refractivity contribution >= 4 is 23.4 Å². The third-order valence-electron chi connectivity index (χ3n) is 4.20. The van der Waals surface area contributed by atoms with E-state index in [1.807, 2.05) is 12.1 Å². The molecule has 1 aromatic carbocycles. The number of carbonyl (C=O) groups excluding carboxylic acids is 1. The number of rotatable bonds is 7. The number of pyridine rings is 1. The van der Waals surface area contributed by atoms with E-state index in [2.05, 4.69) is 25.1 Å². The molecule has 2 heterocycles. The van der Waals surface area contributed by atoms with Gasteiger partial charge in [0, 0.05) is 36.2 Å². The Labute approximate surface area is 160 Å². The molecule has 6 nitrogen and oxygen atoms in total. The minimum atomic E-state index is -0.437. The molecule has 0 bridgehead atoms. The van der Waals surface area contributed by atoms with E-state index < -0.39 is 5.82 Å². The number of nitrogens with zero attached hydrogens (tertiary/aromatic N) is 4. The van der Waals surface area contributed by atoms with Crippen LogP contribution in [-0.2, 0) is 4.79 Å². The number of carbonyl (C=O) groups is 1. The number of aromatic nitrogens is 4. The third kappa shape index (κ3) is 4.16. The van der Waals surface area contributed by atoms with Gasteiger partial charge in [0.05, 0.1) is 5.69 Å². The molecule has 1 saturated carbocycles. The summed E-state index contributed by atoms with van der Waals surface area (Å²) in [4.78, 5) is 16.2. The van der Waals surface area contributed by atoms with Gasteiger partial charge < -0.3 is 5.32 Å². The first kappa shape index (κ1) is 17.7. The highest BCUT2D eigenvalue weighted by Crippen LogP contribution is 2.41. The van der Waals surface area contributed by atoms with Crippen LogP contribution in [0.2, 0.25) is 0 Å². The van der Waals surface area contributed by atoms with Crippen LogP contribution in [0, 0.1) is 5.82 Å². The summed E-state index contributed by atoms with van der Waals surface area (Å²) in [5.74, 6) is 0.688. The number of thioether (sulfide) groups is 1. The topological polar surface area (TPSA) is 72.7 Å². The summed E-state index contributed by atoms with van der Waals surface area (Å²) < 4.78 is 15.7. The zero-order valence-electron chi connectivity index (χ0n) is 14.5. The van der Waals surface area contributed by atoms with Gasteiger partial charge >= 0.3 is 0 Å². The van der Waals surface area contributed by atoms with Crippen molar-refractivity contribution in [1.29, 1.82) is 0 Å². The summed E-state index contributed by atoms with van der Waals surface area (Å²) in [5, 5.41) is 12.0. The molecule has 0 aliphatic heterocycles. The van der Waals surface area contributed by atoms with Crippen molar-refractivity contribution in [3.05, 3.63) is 54.6 Å². The predicted octanol–water partition coefficient (Wildman–Crippen LogP) is 3.94. The average Bonchev–Trinajstić information content (AvgIpc) is 3.44. The standard InChI is InChI=1S/C19H18FN5OS/c20-15-5-1-2-6-16(15)22-17(26)9-11-27-19-24-23-18(25(19)14-7-8-14)13-4-3-10-21-12-13/h1-6,10,12,14H,7-9,11H2,(H,22,26). The molecule has 0 unspecified atom stereocenters. The molecule has 0 radical (unpaired) electrons. The van der Waals surface area contributed by atoms with Gasteiger partial charge in [-0.05, 0) is 37.1 Å². The smallest absolute Gasteiger partial charge is 0.225 e. The zero-order valence-corrected chi connectivity index (χ0v) is 15.3. The van der Waals surface area contributed by atoms with Gasteiger partial charge in [-0.1, -0.05) is 23.9 Å². The maximum atomic E-state index is 13.6. The van der Waals surface area contributed by atoms with Crippen LogP contribution in [0.4, 0.5) is 10.1 Å². The summed E-state index contributed by atoms with van der Waals surface area (Å²) in [6, 6.07) is 10.4. The molecule has 138 valence electrons. The van der Waals surface area contributed by atoms with Gasteiger partial charge in [-0.3, -0.25) is 14.3 Å². The van der Waals surface area contributed by atoms with Crippen LogP contribution in [-0.4, -0.2) is 31.4 Å². The third-order valence-corrected chi connectivity index (χ3v) is 5.15. The number of nitrogens with one attached hydrogen (secondary N) is 1. The van der Waals surface area contributed by atoms with E-state index in [0.29, 0.717) is 11.8 Å². The highest BCUT2D eigenvalue weighted by molar-refractivity contribution is 7.99. The number of benzene rings is 1. The Balaban J connectivity index is 1.40. The fraction of sp³-hybridized carbons (Fsp3) is 0.263. The maximum absolute atomic E-state index is 13.6. The highest BCUT2D eigenvalue weighted by Gasteiger charge is 2.30. The fourth-order valence-corrected chi connectivity index (χ4v) is 3.68. The van der Waals surface area contributed by atoms with Crippen LogP contribution < -0.4 is 5.32 Å². The molecule has 1 aliphatic rings. The lowest BCUT2D eigenvalue weighted by Crippen LogP contribution is -2.13. The summed E-state index contributed by atoms with van der Waals surface area (Å²) in [5.41, 5.74) is 1.13. The van der Waals surface area contributed by atoms with E-state index in [0.717, 1.165) is 29.4 Å². The second-order valence-electron chi connectivity index (χ2n) is 6.28. The number of hydrogen-bond acceptors (Lipinski definition) is 5. The Morgan fingerprint density at radius 1 is 1.22 bits per heavy atom. The molecule has 4 rings (SSSR count).